The van der Waals surface area contributed by atoms with E-state index in [0.29, 0.717) is 11.8 Å². The van der Waals surface area contributed by atoms with Crippen molar-refractivity contribution in [1.29, 1.82) is 0 Å². The molecule has 100 valence electrons. The van der Waals surface area contributed by atoms with Crippen molar-refractivity contribution >= 4 is 0 Å². The summed E-state index contributed by atoms with van der Waals surface area (Å²) in [5.74, 6) is 0.412. The largest absolute Gasteiger partial charge is 0.508 e. The van der Waals surface area contributed by atoms with Crippen LogP contribution < -0.4 is 0 Å². The van der Waals surface area contributed by atoms with Crippen LogP contribution in [-0.2, 0) is 6.54 Å². The van der Waals surface area contributed by atoms with Gasteiger partial charge in [0.05, 0.1) is 0 Å². The van der Waals surface area contributed by atoms with Crippen molar-refractivity contribution in [3.63, 3.8) is 0 Å². The van der Waals surface area contributed by atoms with Gasteiger partial charge in [-0.2, -0.15) is 0 Å². The minimum atomic E-state index is 0.412. The van der Waals surface area contributed by atoms with Crippen LogP contribution in [0.4, 0.5) is 0 Å². The standard InChI is InChI=1S/C15H24N2O/c1-3-17-10-8-14(9-11-17)16(2)12-13-6-4-5-7-15(13)18/h4-7,14,18H,3,8-12H2,1-2H3. The Hall–Kier alpha value is -1.06. The minimum Gasteiger partial charge on any atom is -0.508 e. The van der Waals surface area contributed by atoms with E-state index in [1.165, 1.54) is 25.9 Å². The summed E-state index contributed by atoms with van der Waals surface area (Å²) in [6.45, 7) is 6.63. The zero-order chi connectivity index (χ0) is 13.0. The average Bonchev–Trinajstić information content (AvgIpc) is 2.41. The normalized spacial score (nSPS) is 18.4. The molecule has 3 nitrogen and oxygen atoms in total. The van der Waals surface area contributed by atoms with E-state index in [4.69, 9.17) is 0 Å². The number of nitrogens with zero attached hydrogens (tertiary/aromatic N) is 2. The summed E-state index contributed by atoms with van der Waals surface area (Å²) in [6.07, 6.45) is 2.47. The smallest absolute Gasteiger partial charge is 0.120 e. The molecule has 0 spiro atoms. The van der Waals surface area contributed by atoms with Gasteiger partial charge < -0.3 is 10.0 Å². The molecule has 1 saturated heterocycles. The van der Waals surface area contributed by atoms with Crippen molar-refractivity contribution in [3.05, 3.63) is 29.8 Å². The number of phenolic OH excluding ortho intramolecular Hbond substituents is 1. The molecule has 0 aliphatic carbocycles. The molecule has 0 saturated carbocycles. The Balaban J connectivity index is 1.89. The molecule has 1 aliphatic heterocycles. The fourth-order valence-electron chi connectivity index (χ4n) is 2.72. The van der Waals surface area contributed by atoms with Crippen molar-refractivity contribution in [2.45, 2.75) is 32.4 Å². The first-order chi connectivity index (χ1) is 8.70. The summed E-state index contributed by atoms with van der Waals surface area (Å²) in [6, 6.07) is 8.28. The number of hydrogen-bond donors (Lipinski definition) is 1. The molecule has 1 aromatic carbocycles. The lowest BCUT2D eigenvalue weighted by Crippen LogP contribution is -2.42. The van der Waals surface area contributed by atoms with Crippen molar-refractivity contribution in [1.82, 2.24) is 9.80 Å². The highest BCUT2D eigenvalue weighted by Gasteiger charge is 2.21. The van der Waals surface area contributed by atoms with Crippen molar-refractivity contribution in [2.75, 3.05) is 26.7 Å². The van der Waals surface area contributed by atoms with Gasteiger partial charge in [0.15, 0.2) is 0 Å². The number of hydrogen-bond acceptors (Lipinski definition) is 3. The zero-order valence-corrected chi connectivity index (χ0v) is 11.5. The average molecular weight is 248 g/mol. The highest BCUT2D eigenvalue weighted by atomic mass is 16.3. The van der Waals surface area contributed by atoms with E-state index >= 15 is 0 Å². The maximum absolute atomic E-state index is 9.80. The molecule has 1 heterocycles. The lowest BCUT2D eigenvalue weighted by molar-refractivity contribution is 0.126. The van der Waals surface area contributed by atoms with Crippen LogP contribution in [0.1, 0.15) is 25.3 Å². The summed E-state index contributed by atoms with van der Waals surface area (Å²) in [4.78, 5) is 4.88. The first-order valence-electron chi connectivity index (χ1n) is 6.90. The maximum Gasteiger partial charge on any atom is 0.120 e. The highest BCUT2D eigenvalue weighted by molar-refractivity contribution is 5.31. The number of likely N-dealkylation sites (tertiary alicyclic amines) is 1. The monoisotopic (exact) mass is 248 g/mol. The van der Waals surface area contributed by atoms with E-state index < -0.39 is 0 Å². The number of rotatable bonds is 4. The van der Waals surface area contributed by atoms with Crippen molar-refractivity contribution in [3.8, 4) is 5.75 Å². The van der Waals surface area contributed by atoms with Crippen LogP contribution in [0.3, 0.4) is 0 Å². The third-order valence-corrected chi connectivity index (χ3v) is 4.04. The van der Waals surface area contributed by atoms with E-state index in [1.54, 1.807) is 6.07 Å². The summed E-state index contributed by atoms with van der Waals surface area (Å²) in [7, 11) is 2.17. The molecule has 0 atom stereocenters. The molecule has 1 aromatic rings. The second kappa shape index (κ2) is 6.21. The molecule has 1 fully saturated rings. The van der Waals surface area contributed by atoms with Gasteiger partial charge in [0.2, 0.25) is 0 Å². The Morgan fingerprint density at radius 3 is 2.56 bits per heavy atom. The Morgan fingerprint density at radius 2 is 1.94 bits per heavy atom. The fourth-order valence-corrected chi connectivity index (χ4v) is 2.72. The van der Waals surface area contributed by atoms with Crippen LogP contribution in [-0.4, -0.2) is 47.6 Å². The Bertz CT molecular complexity index is 373. The van der Waals surface area contributed by atoms with Gasteiger partial charge in [0.1, 0.15) is 5.75 Å². The fraction of sp³-hybridized carbons (Fsp3) is 0.600. The summed E-state index contributed by atoms with van der Waals surface area (Å²) < 4.78 is 0. The topological polar surface area (TPSA) is 26.7 Å². The molecule has 0 bridgehead atoms. The number of benzene rings is 1. The Kier molecular flexibility index (Phi) is 4.61. The molecular formula is C15H24N2O. The first-order valence-corrected chi connectivity index (χ1v) is 6.90. The minimum absolute atomic E-state index is 0.412. The highest BCUT2D eigenvalue weighted by Crippen LogP contribution is 2.21. The van der Waals surface area contributed by atoms with E-state index in [0.717, 1.165) is 18.7 Å². The Labute approximate surface area is 110 Å². The number of piperidine rings is 1. The SMILES string of the molecule is CCN1CCC(N(C)Cc2ccccc2O)CC1. The van der Waals surface area contributed by atoms with E-state index in [-0.39, 0.29) is 0 Å². The van der Waals surface area contributed by atoms with Gasteiger partial charge in [-0.1, -0.05) is 25.1 Å². The van der Waals surface area contributed by atoms with Crippen molar-refractivity contribution < 1.29 is 5.11 Å². The van der Waals surface area contributed by atoms with E-state index in [9.17, 15) is 5.11 Å². The molecule has 1 N–H and O–H groups in total. The predicted molar refractivity (Wildman–Crippen MR) is 74.7 cm³/mol. The predicted octanol–water partition coefficient (Wildman–Crippen LogP) is 2.31. The Morgan fingerprint density at radius 1 is 1.28 bits per heavy atom. The van der Waals surface area contributed by atoms with Gasteiger partial charge in [0.25, 0.3) is 0 Å². The van der Waals surface area contributed by atoms with Crippen molar-refractivity contribution in [2.24, 2.45) is 0 Å². The zero-order valence-electron chi connectivity index (χ0n) is 11.5. The van der Waals surface area contributed by atoms with Gasteiger partial charge in [-0.3, -0.25) is 4.90 Å². The van der Waals surface area contributed by atoms with Gasteiger partial charge in [-0.25, -0.2) is 0 Å². The first kappa shape index (κ1) is 13.4. The third kappa shape index (κ3) is 3.24. The summed E-state index contributed by atoms with van der Waals surface area (Å²) in [5.41, 5.74) is 1.03. The third-order valence-electron chi connectivity index (χ3n) is 4.04. The quantitative estimate of drug-likeness (QED) is 0.886. The van der Waals surface area contributed by atoms with Gasteiger partial charge >= 0.3 is 0 Å². The van der Waals surface area contributed by atoms with Crippen LogP contribution in [0.2, 0.25) is 0 Å². The lowest BCUT2D eigenvalue weighted by atomic mass is 10.0. The van der Waals surface area contributed by atoms with Crippen LogP contribution in [0, 0.1) is 0 Å². The van der Waals surface area contributed by atoms with Gasteiger partial charge in [-0.15, -0.1) is 0 Å². The van der Waals surface area contributed by atoms with Gasteiger partial charge in [-0.05, 0) is 45.6 Å². The molecule has 0 amide bonds. The van der Waals surface area contributed by atoms with Crippen LogP contribution in [0.15, 0.2) is 24.3 Å². The molecule has 2 rings (SSSR count). The van der Waals surface area contributed by atoms with Crippen LogP contribution >= 0.6 is 0 Å². The molecule has 3 heteroatoms. The maximum atomic E-state index is 9.80. The number of aromatic hydroxyl groups is 1. The number of phenols is 1. The molecule has 0 radical (unpaired) electrons. The molecule has 18 heavy (non-hydrogen) atoms. The van der Waals surface area contributed by atoms with Crippen LogP contribution in [0.5, 0.6) is 5.75 Å². The molecule has 0 aromatic heterocycles. The lowest BCUT2D eigenvalue weighted by Gasteiger charge is -2.36. The second-order valence-electron chi connectivity index (χ2n) is 5.21. The molecule has 1 aliphatic rings. The van der Waals surface area contributed by atoms with Crippen LogP contribution in [0.25, 0.3) is 0 Å². The summed E-state index contributed by atoms with van der Waals surface area (Å²) in [5, 5.41) is 9.80. The second-order valence-corrected chi connectivity index (χ2v) is 5.21. The van der Waals surface area contributed by atoms with E-state index in [1.807, 2.05) is 18.2 Å². The van der Waals surface area contributed by atoms with Gasteiger partial charge in [0, 0.05) is 18.2 Å². The molecule has 0 unspecified atom stereocenters. The van der Waals surface area contributed by atoms with E-state index in [2.05, 4.69) is 23.8 Å². The summed E-state index contributed by atoms with van der Waals surface area (Å²) >= 11 is 0. The molecular weight excluding hydrogens is 224 g/mol. The number of para-hydroxylation sites is 1.